The smallest absolute Gasteiger partial charge is 0.324 e. The molecule has 0 aromatic heterocycles. The second-order valence-corrected chi connectivity index (χ2v) is 5.23. The zero-order valence-corrected chi connectivity index (χ0v) is 11.5. The largest absolute Gasteiger partial charge is 0.465 e. The van der Waals surface area contributed by atoms with E-state index in [1.807, 2.05) is 0 Å². The Morgan fingerprint density at radius 1 is 1.35 bits per heavy atom. The molecule has 2 rings (SSSR count). The summed E-state index contributed by atoms with van der Waals surface area (Å²) in [5, 5.41) is 0. The molecule has 0 heterocycles. The molecule has 1 aromatic rings. The highest BCUT2D eigenvalue weighted by Crippen LogP contribution is 2.37. The summed E-state index contributed by atoms with van der Waals surface area (Å²) in [6.45, 7) is 4.84. The third-order valence-corrected chi connectivity index (χ3v) is 3.58. The Labute approximate surface area is 115 Å². The minimum absolute atomic E-state index is 0.0899. The fraction of sp³-hybridized carbons (Fsp3) is 0.400. The lowest BCUT2D eigenvalue weighted by atomic mass is 9.66. The summed E-state index contributed by atoms with van der Waals surface area (Å²) in [5.74, 6) is -4.00. The molecule has 0 aliphatic heterocycles. The molecule has 0 saturated heterocycles. The molecule has 1 aliphatic rings. The number of fused-ring (bicyclic) bond motifs is 1. The van der Waals surface area contributed by atoms with Crippen LogP contribution in [0.5, 0.6) is 0 Å². The molecule has 0 fully saturated rings. The van der Waals surface area contributed by atoms with Gasteiger partial charge in [-0.1, -0.05) is 0 Å². The molecular formula is C15H15FO4. The molecule has 0 bridgehead atoms. The van der Waals surface area contributed by atoms with Gasteiger partial charge in [0, 0.05) is 5.56 Å². The highest BCUT2D eigenvalue weighted by molar-refractivity contribution is 6.27. The number of hydrogen-bond acceptors (Lipinski definition) is 4. The second kappa shape index (κ2) is 4.81. The molecule has 4 nitrogen and oxygen atoms in total. The summed E-state index contributed by atoms with van der Waals surface area (Å²) in [6.07, 6.45) is 0. The average molecular weight is 278 g/mol. The summed E-state index contributed by atoms with van der Waals surface area (Å²) in [7, 11) is 0. The maximum absolute atomic E-state index is 13.4. The molecule has 1 unspecified atom stereocenters. The van der Waals surface area contributed by atoms with Gasteiger partial charge in [0.2, 0.25) is 0 Å². The summed E-state index contributed by atoms with van der Waals surface area (Å²) in [4.78, 5) is 36.5. The quantitative estimate of drug-likeness (QED) is 0.613. The minimum atomic E-state index is -1.46. The number of halogens is 1. The molecule has 0 spiro atoms. The molecule has 20 heavy (non-hydrogen) atoms. The maximum Gasteiger partial charge on any atom is 0.324 e. The first kappa shape index (κ1) is 14.4. The van der Waals surface area contributed by atoms with E-state index >= 15 is 0 Å². The van der Waals surface area contributed by atoms with E-state index in [0.29, 0.717) is 5.56 Å². The lowest BCUT2D eigenvalue weighted by molar-refractivity contribution is -0.150. The first-order valence-electron chi connectivity index (χ1n) is 6.36. The molecule has 0 saturated carbocycles. The number of hydrogen-bond donors (Lipinski definition) is 0. The molecular weight excluding hydrogens is 263 g/mol. The third-order valence-electron chi connectivity index (χ3n) is 3.58. The number of esters is 1. The second-order valence-electron chi connectivity index (χ2n) is 5.23. The molecule has 0 radical (unpaired) electrons. The number of ketones is 2. The van der Waals surface area contributed by atoms with Crippen LogP contribution in [-0.2, 0) is 19.7 Å². The number of ether oxygens (including phenoxy) is 1. The van der Waals surface area contributed by atoms with Crippen molar-refractivity contribution in [2.75, 3.05) is 6.61 Å². The number of rotatable bonds is 2. The highest BCUT2D eigenvalue weighted by Gasteiger charge is 2.50. The predicted octanol–water partition coefficient (Wildman–Crippen LogP) is 2.05. The normalized spacial score (nSPS) is 20.5. The predicted molar refractivity (Wildman–Crippen MR) is 68.9 cm³/mol. The van der Waals surface area contributed by atoms with Crippen molar-refractivity contribution in [1.29, 1.82) is 0 Å². The van der Waals surface area contributed by atoms with Crippen LogP contribution < -0.4 is 0 Å². The van der Waals surface area contributed by atoms with Gasteiger partial charge in [0.05, 0.1) is 12.0 Å². The van der Waals surface area contributed by atoms with Crippen LogP contribution >= 0.6 is 0 Å². The van der Waals surface area contributed by atoms with E-state index in [0.717, 1.165) is 6.07 Å². The fourth-order valence-corrected chi connectivity index (χ4v) is 2.46. The first-order valence-corrected chi connectivity index (χ1v) is 6.36. The lowest BCUT2D eigenvalue weighted by Gasteiger charge is -2.33. The zero-order valence-electron chi connectivity index (χ0n) is 11.5. The summed E-state index contributed by atoms with van der Waals surface area (Å²) < 4.78 is 18.2. The van der Waals surface area contributed by atoms with Gasteiger partial charge in [0.15, 0.2) is 17.5 Å². The summed E-state index contributed by atoms with van der Waals surface area (Å²) >= 11 is 0. The van der Waals surface area contributed by atoms with Crippen molar-refractivity contribution in [2.45, 2.75) is 26.2 Å². The lowest BCUT2D eigenvalue weighted by Crippen LogP contribution is -2.48. The first-order chi connectivity index (χ1) is 9.30. The average Bonchev–Trinajstić information content (AvgIpc) is 2.37. The van der Waals surface area contributed by atoms with Crippen molar-refractivity contribution in [3.05, 3.63) is 35.1 Å². The van der Waals surface area contributed by atoms with E-state index in [-0.39, 0.29) is 12.2 Å². The van der Waals surface area contributed by atoms with Crippen LogP contribution in [0.25, 0.3) is 0 Å². The van der Waals surface area contributed by atoms with Gasteiger partial charge >= 0.3 is 5.97 Å². The standard InChI is InChI=1S/C15H15FO4/c1-4-20-14(19)11-12(17)9-6-5-8(16)7-10(9)15(2,3)13(11)18/h5-7,11H,4H2,1-3H3. The van der Waals surface area contributed by atoms with Crippen LogP contribution in [0.3, 0.4) is 0 Å². The van der Waals surface area contributed by atoms with Crippen LogP contribution in [0.2, 0.25) is 0 Å². The Morgan fingerprint density at radius 3 is 2.60 bits per heavy atom. The van der Waals surface area contributed by atoms with E-state index in [2.05, 4.69) is 0 Å². The van der Waals surface area contributed by atoms with Crippen molar-refractivity contribution in [1.82, 2.24) is 0 Å². The van der Waals surface area contributed by atoms with Gasteiger partial charge in [0.1, 0.15) is 5.82 Å². The SMILES string of the molecule is CCOC(=O)C1C(=O)c2ccc(F)cc2C(C)(C)C1=O. The molecule has 106 valence electrons. The number of benzene rings is 1. The molecule has 0 N–H and O–H groups in total. The highest BCUT2D eigenvalue weighted by atomic mass is 19.1. The molecule has 0 amide bonds. The Balaban J connectivity index is 2.59. The van der Waals surface area contributed by atoms with Gasteiger partial charge in [-0.2, -0.15) is 0 Å². The van der Waals surface area contributed by atoms with E-state index in [4.69, 9.17) is 4.74 Å². The van der Waals surface area contributed by atoms with Crippen LogP contribution in [0.4, 0.5) is 4.39 Å². The van der Waals surface area contributed by atoms with Crippen molar-refractivity contribution < 1.29 is 23.5 Å². The number of carbonyl (C=O) groups is 3. The number of Topliss-reactive ketones (excluding diaryl/α,β-unsaturated/α-hetero) is 2. The fourth-order valence-electron chi connectivity index (χ4n) is 2.46. The minimum Gasteiger partial charge on any atom is -0.465 e. The summed E-state index contributed by atoms with van der Waals surface area (Å²) in [5.41, 5.74) is -0.593. The van der Waals surface area contributed by atoms with E-state index < -0.39 is 34.7 Å². The topological polar surface area (TPSA) is 60.4 Å². The van der Waals surface area contributed by atoms with Crippen LogP contribution in [0, 0.1) is 11.7 Å². The van der Waals surface area contributed by atoms with E-state index in [1.54, 1.807) is 20.8 Å². The van der Waals surface area contributed by atoms with Crippen molar-refractivity contribution in [2.24, 2.45) is 5.92 Å². The van der Waals surface area contributed by atoms with Crippen molar-refractivity contribution >= 4 is 17.5 Å². The van der Waals surface area contributed by atoms with E-state index in [9.17, 15) is 18.8 Å². The Kier molecular flexibility index (Phi) is 3.46. The van der Waals surface area contributed by atoms with Gasteiger partial charge in [-0.05, 0) is 44.5 Å². The van der Waals surface area contributed by atoms with Gasteiger partial charge < -0.3 is 4.74 Å². The van der Waals surface area contributed by atoms with Gasteiger partial charge in [-0.25, -0.2) is 4.39 Å². The number of carbonyl (C=O) groups excluding carboxylic acids is 3. The zero-order chi connectivity index (χ0) is 15.1. The maximum atomic E-state index is 13.4. The van der Waals surface area contributed by atoms with Gasteiger partial charge in [-0.3, -0.25) is 14.4 Å². The Bertz CT molecular complexity index is 604. The van der Waals surface area contributed by atoms with Gasteiger partial charge in [0.25, 0.3) is 0 Å². The van der Waals surface area contributed by atoms with E-state index in [1.165, 1.54) is 12.1 Å². The van der Waals surface area contributed by atoms with Crippen LogP contribution in [0.15, 0.2) is 18.2 Å². The van der Waals surface area contributed by atoms with Crippen molar-refractivity contribution in [3.63, 3.8) is 0 Å². The van der Waals surface area contributed by atoms with Crippen LogP contribution in [-0.4, -0.2) is 24.1 Å². The van der Waals surface area contributed by atoms with Crippen LogP contribution in [0.1, 0.15) is 36.7 Å². The Hall–Kier alpha value is -2.04. The van der Waals surface area contributed by atoms with Crippen molar-refractivity contribution in [3.8, 4) is 0 Å². The monoisotopic (exact) mass is 278 g/mol. The Morgan fingerprint density at radius 2 is 2.00 bits per heavy atom. The summed E-state index contributed by atoms with van der Waals surface area (Å²) in [6, 6.07) is 3.63. The molecule has 5 heteroatoms. The molecule has 1 aliphatic carbocycles. The third kappa shape index (κ3) is 2.03. The molecule has 1 atom stereocenters. The molecule has 1 aromatic carbocycles. The van der Waals surface area contributed by atoms with Gasteiger partial charge in [-0.15, -0.1) is 0 Å².